The molecule has 0 saturated heterocycles. The highest BCUT2D eigenvalue weighted by molar-refractivity contribution is 9.13. The average molecular weight is 314 g/mol. The van der Waals surface area contributed by atoms with Gasteiger partial charge < -0.3 is 0 Å². The summed E-state index contributed by atoms with van der Waals surface area (Å²) in [6, 6.07) is 5.80. The van der Waals surface area contributed by atoms with Gasteiger partial charge in [0.2, 0.25) is 0 Å². The van der Waals surface area contributed by atoms with Gasteiger partial charge in [-0.2, -0.15) is 4.33 Å². The van der Waals surface area contributed by atoms with Crippen molar-refractivity contribution in [1.82, 2.24) is 0 Å². The third-order valence-corrected chi connectivity index (χ3v) is 3.62. The van der Waals surface area contributed by atoms with Crippen LogP contribution >= 0.6 is 43.9 Å². The van der Waals surface area contributed by atoms with Crippen LogP contribution in [-0.4, -0.2) is 7.11 Å². The number of hydrogen-bond donors (Lipinski definition) is 0. The lowest BCUT2D eigenvalue weighted by molar-refractivity contribution is -0.160. The smallest absolute Gasteiger partial charge is 0.0725 e. The Hall–Kier alpha value is 0.450. The summed E-state index contributed by atoms with van der Waals surface area (Å²) < 4.78 is 6.71. The van der Waals surface area contributed by atoms with Gasteiger partial charge in [-0.15, -0.1) is 0 Å². The van der Waals surface area contributed by atoms with Crippen molar-refractivity contribution >= 4 is 43.9 Å². The van der Waals surface area contributed by atoms with Gasteiger partial charge in [-0.3, -0.25) is 0 Å². The topological polar surface area (TPSA) is 18.5 Å². The van der Waals surface area contributed by atoms with Crippen molar-refractivity contribution < 1.29 is 9.22 Å². The van der Waals surface area contributed by atoms with Crippen LogP contribution in [0.2, 0.25) is 0 Å². The minimum atomic E-state index is 0.979. The molecule has 1 aromatic rings. The predicted molar refractivity (Wildman–Crippen MR) is 55.8 cm³/mol. The third-order valence-electron chi connectivity index (χ3n) is 1.09. The third kappa shape index (κ3) is 3.06. The van der Waals surface area contributed by atoms with E-state index in [9.17, 15) is 0 Å². The standard InChI is InChI=1S/C7H6Br2O2S/c1-10-11-12-5-2-3-6(8)7(9)4-5/h2-4H,1H3. The molecule has 0 saturated carbocycles. The van der Waals surface area contributed by atoms with Crippen molar-refractivity contribution in [3.8, 4) is 0 Å². The minimum absolute atomic E-state index is 0.979. The van der Waals surface area contributed by atoms with E-state index < -0.39 is 0 Å². The van der Waals surface area contributed by atoms with Crippen LogP contribution in [0.4, 0.5) is 0 Å². The maximum Gasteiger partial charge on any atom is 0.0725 e. The molecule has 0 spiro atoms. The predicted octanol–water partition coefficient (Wildman–Crippen LogP) is 3.80. The fourth-order valence-electron chi connectivity index (χ4n) is 0.602. The van der Waals surface area contributed by atoms with Crippen molar-refractivity contribution in [1.29, 1.82) is 0 Å². The summed E-state index contributed by atoms with van der Waals surface area (Å²) >= 11 is 7.92. The Morgan fingerprint density at radius 1 is 1.25 bits per heavy atom. The molecular weight excluding hydrogens is 308 g/mol. The van der Waals surface area contributed by atoms with E-state index in [-0.39, 0.29) is 0 Å². The Bertz CT molecular complexity index is 268. The number of benzene rings is 1. The van der Waals surface area contributed by atoms with Crippen LogP contribution in [0, 0.1) is 0 Å². The normalized spacial score (nSPS) is 10.2. The molecule has 0 radical (unpaired) electrons. The SMILES string of the molecule is COOSc1ccc(Br)c(Br)c1. The summed E-state index contributed by atoms with van der Waals surface area (Å²) in [6.45, 7) is 0. The van der Waals surface area contributed by atoms with Gasteiger partial charge in [0.15, 0.2) is 0 Å². The molecule has 12 heavy (non-hydrogen) atoms. The second-order valence-electron chi connectivity index (χ2n) is 1.89. The van der Waals surface area contributed by atoms with Crippen LogP contribution in [0.3, 0.4) is 0 Å². The molecule has 0 N–H and O–H groups in total. The molecule has 1 rings (SSSR count). The van der Waals surface area contributed by atoms with E-state index in [1.54, 1.807) is 0 Å². The van der Waals surface area contributed by atoms with Crippen LogP contribution < -0.4 is 0 Å². The Kier molecular flexibility index (Phi) is 4.60. The zero-order valence-corrected chi connectivity index (χ0v) is 10.2. The first-order valence-corrected chi connectivity index (χ1v) is 5.39. The maximum atomic E-state index is 4.69. The summed E-state index contributed by atoms with van der Waals surface area (Å²) in [6.07, 6.45) is 0. The van der Waals surface area contributed by atoms with Crippen molar-refractivity contribution in [3.63, 3.8) is 0 Å². The molecule has 0 heterocycles. The summed E-state index contributed by atoms with van der Waals surface area (Å²) in [5.74, 6) is 0. The van der Waals surface area contributed by atoms with Gasteiger partial charge in [0, 0.05) is 13.8 Å². The van der Waals surface area contributed by atoms with E-state index in [2.05, 4.69) is 36.7 Å². The van der Waals surface area contributed by atoms with E-state index in [1.165, 1.54) is 19.2 Å². The van der Waals surface area contributed by atoms with Crippen LogP contribution in [0.1, 0.15) is 0 Å². The van der Waals surface area contributed by atoms with Gasteiger partial charge >= 0.3 is 0 Å². The Labute approximate surface area is 92.0 Å². The highest BCUT2D eigenvalue weighted by Crippen LogP contribution is 2.28. The van der Waals surface area contributed by atoms with Crippen LogP contribution in [0.25, 0.3) is 0 Å². The van der Waals surface area contributed by atoms with Gasteiger partial charge in [0.1, 0.15) is 0 Å². The lowest BCUT2D eigenvalue weighted by Gasteiger charge is -2.00. The van der Waals surface area contributed by atoms with Crippen LogP contribution in [0.15, 0.2) is 32.0 Å². The van der Waals surface area contributed by atoms with Gasteiger partial charge in [-0.1, -0.05) is 0 Å². The van der Waals surface area contributed by atoms with E-state index in [4.69, 9.17) is 4.33 Å². The molecule has 1 aromatic carbocycles. The molecule has 0 unspecified atom stereocenters. The van der Waals surface area contributed by atoms with Crippen LogP contribution in [0.5, 0.6) is 0 Å². The first-order chi connectivity index (χ1) is 5.74. The number of rotatable bonds is 3. The molecule has 66 valence electrons. The van der Waals surface area contributed by atoms with Gasteiger partial charge in [-0.05, 0) is 50.1 Å². The fourth-order valence-corrected chi connectivity index (χ4v) is 1.82. The largest absolute Gasteiger partial charge is 0.227 e. The monoisotopic (exact) mass is 312 g/mol. The van der Waals surface area contributed by atoms with E-state index in [1.807, 2.05) is 18.2 Å². The Balaban J connectivity index is 2.69. The molecular formula is C7H6Br2O2S. The summed E-state index contributed by atoms with van der Waals surface area (Å²) in [4.78, 5) is 5.43. The fraction of sp³-hybridized carbons (Fsp3) is 0.143. The van der Waals surface area contributed by atoms with Crippen molar-refractivity contribution in [2.45, 2.75) is 4.90 Å². The van der Waals surface area contributed by atoms with E-state index in [0.717, 1.165) is 13.8 Å². The van der Waals surface area contributed by atoms with Gasteiger partial charge in [0.05, 0.1) is 19.2 Å². The molecule has 0 aliphatic rings. The Morgan fingerprint density at radius 3 is 2.58 bits per heavy atom. The quantitative estimate of drug-likeness (QED) is 0.480. The molecule has 0 aliphatic heterocycles. The number of hydrogen-bond acceptors (Lipinski definition) is 3. The zero-order chi connectivity index (χ0) is 8.97. The molecule has 0 atom stereocenters. The van der Waals surface area contributed by atoms with Gasteiger partial charge in [0.25, 0.3) is 0 Å². The summed E-state index contributed by atoms with van der Waals surface area (Å²) in [5, 5.41) is 0. The molecule has 0 aliphatic carbocycles. The minimum Gasteiger partial charge on any atom is -0.227 e. The van der Waals surface area contributed by atoms with Gasteiger partial charge in [-0.25, -0.2) is 4.89 Å². The molecule has 0 aromatic heterocycles. The van der Waals surface area contributed by atoms with Crippen molar-refractivity contribution in [3.05, 3.63) is 27.1 Å². The second-order valence-corrected chi connectivity index (χ2v) is 4.38. The van der Waals surface area contributed by atoms with Crippen molar-refractivity contribution in [2.24, 2.45) is 0 Å². The molecule has 0 bridgehead atoms. The lowest BCUT2D eigenvalue weighted by Crippen LogP contribution is -1.78. The first kappa shape index (κ1) is 10.5. The second kappa shape index (κ2) is 5.24. The first-order valence-electron chi connectivity index (χ1n) is 3.06. The molecule has 0 amide bonds. The lowest BCUT2D eigenvalue weighted by atomic mass is 10.4. The molecule has 2 nitrogen and oxygen atoms in total. The van der Waals surface area contributed by atoms with Crippen molar-refractivity contribution in [2.75, 3.05) is 7.11 Å². The zero-order valence-electron chi connectivity index (χ0n) is 6.21. The molecule has 5 heteroatoms. The maximum absolute atomic E-state index is 4.69. The summed E-state index contributed by atoms with van der Waals surface area (Å²) in [7, 11) is 1.47. The van der Waals surface area contributed by atoms with E-state index in [0.29, 0.717) is 0 Å². The highest BCUT2D eigenvalue weighted by Gasteiger charge is 1.99. The van der Waals surface area contributed by atoms with Crippen LogP contribution in [-0.2, 0) is 9.22 Å². The summed E-state index contributed by atoms with van der Waals surface area (Å²) in [5.41, 5.74) is 0. The van der Waals surface area contributed by atoms with E-state index >= 15 is 0 Å². The molecule has 0 fully saturated rings. The average Bonchev–Trinajstić information content (AvgIpc) is 2.07. The number of halogens is 2. The Morgan fingerprint density at radius 2 is 2.00 bits per heavy atom. The highest BCUT2D eigenvalue weighted by atomic mass is 79.9.